The fourth-order valence-electron chi connectivity index (χ4n) is 2.95. The first-order valence-corrected chi connectivity index (χ1v) is 6.68. The molecule has 0 spiro atoms. The van der Waals surface area contributed by atoms with Gasteiger partial charge in [0.05, 0.1) is 6.54 Å². The van der Waals surface area contributed by atoms with E-state index in [1.807, 2.05) is 0 Å². The zero-order valence-electron chi connectivity index (χ0n) is 11.8. The molecule has 0 aromatic rings. The molecule has 0 amide bonds. The molecule has 18 heavy (non-hydrogen) atoms. The van der Waals surface area contributed by atoms with Crippen LogP contribution in [0.15, 0.2) is 0 Å². The summed E-state index contributed by atoms with van der Waals surface area (Å²) in [4.78, 5) is 1.46. The average molecular weight is 266 g/mol. The Balaban J connectivity index is 2.68. The summed E-state index contributed by atoms with van der Waals surface area (Å²) in [5.41, 5.74) is 0.0691. The van der Waals surface area contributed by atoms with Crippen LogP contribution in [0, 0.1) is 5.41 Å². The third-order valence-electron chi connectivity index (χ3n) is 3.92. The van der Waals surface area contributed by atoms with Crippen LogP contribution in [0.25, 0.3) is 0 Å². The van der Waals surface area contributed by atoms with Crippen molar-refractivity contribution < 1.29 is 13.2 Å². The van der Waals surface area contributed by atoms with E-state index in [0.29, 0.717) is 0 Å². The minimum absolute atomic E-state index is 0.0202. The van der Waals surface area contributed by atoms with E-state index in [1.54, 1.807) is 7.05 Å². The van der Waals surface area contributed by atoms with Gasteiger partial charge in [0.2, 0.25) is 0 Å². The summed E-state index contributed by atoms with van der Waals surface area (Å²) in [6.45, 7) is 6.40. The maximum absolute atomic E-state index is 12.5. The van der Waals surface area contributed by atoms with E-state index in [4.69, 9.17) is 0 Å². The maximum atomic E-state index is 12.5. The second kappa shape index (κ2) is 5.78. The third kappa shape index (κ3) is 4.12. The van der Waals surface area contributed by atoms with Crippen molar-refractivity contribution in [1.82, 2.24) is 10.2 Å². The Morgan fingerprint density at radius 3 is 2.44 bits per heavy atom. The molecule has 1 fully saturated rings. The molecule has 1 aliphatic rings. The van der Waals surface area contributed by atoms with E-state index in [-0.39, 0.29) is 17.5 Å². The van der Waals surface area contributed by atoms with Crippen LogP contribution in [0.4, 0.5) is 13.2 Å². The van der Waals surface area contributed by atoms with Gasteiger partial charge in [0, 0.05) is 12.1 Å². The Bertz CT molecular complexity index is 263. The quantitative estimate of drug-likeness (QED) is 0.823. The monoisotopic (exact) mass is 266 g/mol. The molecule has 2 atom stereocenters. The zero-order valence-corrected chi connectivity index (χ0v) is 11.8. The fourth-order valence-corrected chi connectivity index (χ4v) is 2.95. The average Bonchev–Trinajstić information content (AvgIpc) is 2.48. The summed E-state index contributed by atoms with van der Waals surface area (Å²) < 4.78 is 37.4. The summed E-state index contributed by atoms with van der Waals surface area (Å²) in [5, 5.41) is 3.43. The highest BCUT2D eigenvalue weighted by atomic mass is 19.4. The molecule has 0 bridgehead atoms. The number of halogens is 3. The van der Waals surface area contributed by atoms with Gasteiger partial charge in [-0.05, 0) is 38.3 Å². The molecule has 5 heteroatoms. The molecule has 0 aromatic carbocycles. The van der Waals surface area contributed by atoms with Gasteiger partial charge in [-0.15, -0.1) is 0 Å². The van der Waals surface area contributed by atoms with Crippen molar-refractivity contribution in [2.45, 2.75) is 58.3 Å². The number of nitrogens with one attached hydrogen (secondary N) is 1. The summed E-state index contributed by atoms with van der Waals surface area (Å²) in [6, 6.07) is 0.123. The lowest BCUT2D eigenvalue weighted by Crippen LogP contribution is -2.52. The standard InChI is InChI=1S/C13H25F3N2/c1-5-8-17-11-10(6-7-12(11,2)3)18(4)9-13(14,15)16/h10-11,17H,5-9H2,1-4H3. The van der Waals surface area contributed by atoms with E-state index < -0.39 is 12.7 Å². The van der Waals surface area contributed by atoms with Gasteiger partial charge >= 0.3 is 6.18 Å². The van der Waals surface area contributed by atoms with Gasteiger partial charge in [0.1, 0.15) is 0 Å². The molecule has 2 unspecified atom stereocenters. The van der Waals surface area contributed by atoms with Crippen molar-refractivity contribution >= 4 is 0 Å². The van der Waals surface area contributed by atoms with E-state index in [2.05, 4.69) is 26.1 Å². The van der Waals surface area contributed by atoms with Crippen molar-refractivity contribution in [3.63, 3.8) is 0 Å². The SMILES string of the molecule is CCCNC1C(N(C)CC(F)(F)F)CCC1(C)C. The van der Waals surface area contributed by atoms with Crippen molar-refractivity contribution in [2.75, 3.05) is 20.1 Å². The lowest BCUT2D eigenvalue weighted by molar-refractivity contribution is -0.148. The summed E-state index contributed by atoms with van der Waals surface area (Å²) >= 11 is 0. The van der Waals surface area contributed by atoms with Gasteiger partial charge in [-0.25, -0.2) is 0 Å². The Labute approximate surface area is 108 Å². The topological polar surface area (TPSA) is 15.3 Å². The second-order valence-electron chi connectivity index (χ2n) is 6.06. The van der Waals surface area contributed by atoms with Crippen LogP contribution in [-0.2, 0) is 0 Å². The van der Waals surface area contributed by atoms with Gasteiger partial charge in [-0.2, -0.15) is 13.2 Å². The number of rotatable bonds is 5. The molecule has 108 valence electrons. The maximum Gasteiger partial charge on any atom is 0.401 e. The molecule has 1 saturated carbocycles. The molecule has 0 radical (unpaired) electrons. The third-order valence-corrected chi connectivity index (χ3v) is 3.92. The van der Waals surface area contributed by atoms with Crippen LogP contribution in [0.1, 0.15) is 40.0 Å². The summed E-state index contributed by atoms with van der Waals surface area (Å²) in [7, 11) is 1.58. The van der Waals surface area contributed by atoms with Crippen LogP contribution in [0.2, 0.25) is 0 Å². The van der Waals surface area contributed by atoms with Crippen LogP contribution < -0.4 is 5.32 Å². The normalized spacial score (nSPS) is 28.0. The molecule has 0 aromatic heterocycles. The van der Waals surface area contributed by atoms with Gasteiger partial charge in [-0.1, -0.05) is 20.8 Å². The number of hydrogen-bond acceptors (Lipinski definition) is 2. The highest BCUT2D eigenvalue weighted by Gasteiger charge is 2.45. The second-order valence-corrected chi connectivity index (χ2v) is 6.06. The smallest absolute Gasteiger partial charge is 0.312 e. The molecule has 1 aliphatic carbocycles. The Kier molecular flexibility index (Phi) is 5.06. The Morgan fingerprint density at radius 2 is 1.94 bits per heavy atom. The van der Waals surface area contributed by atoms with Crippen molar-refractivity contribution in [1.29, 1.82) is 0 Å². The van der Waals surface area contributed by atoms with Gasteiger partial charge in [0.25, 0.3) is 0 Å². The fraction of sp³-hybridized carbons (Fsp3) is 1.00. The minimum Gasteiger partial charge on any atom is -0.312 e. The number of likely N-dealkylation sites (N-methyl/N-ethyl adjacent to an activating group) is 1. The number of alkyl halides is 3. The first-order valence-electron chi connectivity index (χ1n) is 6.68. The minimum atomic E-state index is -4.11. The van der Waals surface area contributed by atoms with Gasteiger partial charge < -0.3 is 5.32 Å². The predicted octanol–water partition coefficient (Wildman–Crippen LogP) is 3.04. The largest absolute Gasteiger partial charge is 0.401 e. The summed E-state index contributed by atoms with van der Waals surface area (Å²) in [6.07, 6.45) is -1.30. The lowest BCUT2D eigenvalue weighted by Gasteiger charge is -2.36. The molecule has 0 saturated heterocycles. The van der Waals surface area contributed by atoms with E-state index in [9.17, 15) is 13.2 Å². The van der Waals surface area contributed by atoms with Gasteiger partial charge in [-0.3, -0.25) is 4.90 Å². The molecule has 0 aliphatic heterocycles. The van der Waals surface area contributed by atoms with Crippen LogP contribution in [0.3, 0.4) is 0 Å². The summed E-state index contributed by atoms with van der Waals surface area (Å²) in [5.74, 6) is 0. The first kappa shape index (κ1) is 15.8. The molecule has 2 nitrogen and oxygen atoms in total. The Hall–Kier alpha value is -0.290. The van der Waals surface area contributed by atoms with Crippen molar-refractivity contribution in [3.8, 4) is 0 Å². The van der Waals surface area contributed by atoms with Crippen LogP contribution >= 0.6 is 0 Å². The Morgan fingerprint density at radius 1 is 1.33 bits per heavy atom. The first-order chi connectivity index (χ1) is 8.17. The highest BCUT2D eigenvalue weighted by Crippen LogP contribution is 2.40. The van der Waals surface area contributed by atoms with E-state index >= 15 is 0 Å². The number of hydrogen-bond donors (Lipinski definition) is 1. The van der Waals surface area contributed by atoms with Crippen LogP contribution in [-0.4, -0.2) is 43.3 Å². The van der Waals surface area contributed by atoms with Gasteiger partial charge in [0.15, 0.2) is 0 Å². The highest BCUT2D eigenvalue weighted by molar-refractivity contribution is 5.00. The molecule has 0 heterocycles. The predicted molar refractivity (Wildman–Crippen MR) is 67.6 cm³/mol. The van der Waals surface area contributed by atoms with E-state index in [1.165, 1.54) is 4.90 Å². The van der Waals surface area contributed by atoms with E-state index in [0.717, 1.165) is 25.8 Å². The zero-order chi connectivity index (χ0) is 14.0. The molecule has 1 N–H and O–H groups in total. The van der Waals surface area contributed by atoms with Crippen molar-refractivity contribution in [3.05, 3.63) is 0 Å². The lowest BCUT2D eigenvalue weighted by atomic mass is 9.86. The number of nitrogens with zero attached hydrogens (tertiary/aromatic N) is 1. The van der Waals surface area contributed by atoms with Crippen LogP contribution in [0.5, 0.6) is 0 Å². The molecular formula is C13H25F3N2. The molecule has 1 rings (SSSR count). The van der Waals surface area contributed by atoms with Crippen molar-refractivity contribution in [2.24, 2.45) is 5.41 Å². The molecular weight excluding hydrogens is 241 g/mol.